The summed E-state index contributed by atoms with van der Waals surface area (Å²) in [5.41, 5.74) is 0. The van der Waals surface area contributed by atoms with Gasteiger partial charge in [0.1, 0.15) is 0 Å². The Balaban J connectivity index is 0. The van der Waals surface area contributed by atoms with Crippen molar-refractivity contribution in [2.75, 3.05) is 11.5 Å². The zero-order chi connectivity index (χ0) is 13.3. The van der Waals surface area contributed by atoms with E-state index < -0.39 is 0 Å². The molecule has 0 radical (unpaired) electrons. The first-order chi connectivity index (χ1) is 8.91. The van der Waals surface area contributed by atoms with E-state index in [0.29, 0.717) is 0 Å². The van der Waals surface area contributed by atoms with Crippen molar-refractivity contribution < 1.29 is 0 Å². The van der Waals surface area contributed by atoms with E-state index in [1.807, 2.05) is 0 Å². The molecule has 0 aliphatic carbocycles. The monoisotopic (exact) mass is 289 g/mol. The number of hydrogen-bond acceptors (Lipinski definition) is 2. The van der Waals surface area contributed by atoms with Gasteiger partial charge in [0.2, 0.25) is 0 Å². The fourth-order valence-corrected chi connectivity index (χ4v) is 3.19. The Morgan fingerprint density at radius 2 is 0.895 bits per heavy atom. The van der Waals surface area contributed by atoms with Gasteiger partial charge in [0, 0.05) is 0 Å². The Morgan fingerprint density at radius 1 is 0.474 bits per heavy atom. The molecule has 3 N–H and O–H groups in total. The van der Waals surface area contributed by atoms with Crippen LogP contribution in [-0.2, 0) is 0 Å². The average molecular weight is 290 g/mol. The maximum atomic E-state index is 2.29. The Kier molecular flexibility index (Phi) is 23.5. The van der Waals surface area contributed by atoms with Gasteiger partial charge in [-0.15, -0.1) is 0 Å². The van der Waals surface area contributed by atoms with Gasteiger partial charge in [-0.2, -0.15) is 11.8 Å². The van der Waals surface area contributed by atoms with Crippen LogP contribution in [-0.4, -0.2) is 11.5 Å². The molecule has 118 valence electrons. The van der Waals surface area contributed by atoms with Crippen LogP contribution in [0.2, 0.25) is 0 Å². The molecule has 0 atom stereocenters. The van der Waals surface area contributed by atoms with E-state index in [0.717, 1.165) is 0 Å². The second kappa shape index (κ2) is 20.6. The quantitative estimate of drug-likeness (QED) is 0.330. The third-order valence-corrected chi connectivity index (χ3v) is 4.76. The van der Waals surface area contributed by atoms with Gasteiger partial charge in [-0.1, -0.05) is 84.5 Å². The van der Waals surface area contributed by atoms with Crippen molar-refractivity contribution in [3.63, 3.8) is 0 Å². The molecule has 0 fully saturated rings. The van der Waals surface area contributed by atoms with Crippen LogP contribution >= 0.6 is 11.8 Å². The van der Waals surface area contributed by atoms with Crippen LogP contribution in [0.5, 0.6) is 0 Å². The van der Waals surface area contributed by atoms with Crippen molar-refractivity contribution in [1.29, 1.82) is 0 Å². The van der Waals surface area contributed by atoms with Crippen LogP contribution in [0.1, 0.15) is 97.3 Å². The van der Waals surface area contributed by atoms with Crippen molar-refractivity contribution in [3.8, 4) is 0 Å². The van der Waals surface area contributed by atoms with Crippen LogP contribution in [0.25, 0.3) is 0 Å². The lowest BCUT2D eigenvalue weighted by molar-refractivity contribution is 0.548. The summed E-state index contributed by atoms with van der Waals surface area (Å²) in [6, 6.07) is 0. The van der Waals surface area contributed by atoms with E-state index in [-0.39, 0.29) is 6.15 Å². The normalized spacial score (nSPS) is 10.4. The SMILES string of the molecule is CCCCCCCCCCCCCCSCCC.N. The van der Waals surface area contributed by atoms with Crippen molar-refractivity contribution in [2.45, 2.75) is 97.3 Å². The topological polar surface area (TPSA) is 35.0 Å². The molecule has 0 aromatic heterocycles. The minimum Gasteiger partial charge on any atom is -0.344 e. The largest absolute Gasteiger partial charge is 0.344 e. The number of hydrogen-bond donors (Lipinski definition) is 1. The highest BCUT2D eigenvalue weighted by atomic mass is 32.2. The van der Waals surface area contributed by atoms with Gasteiger partial charge >= 0.3 is 0 Å². The second-order valence-corrected chi connectivity index (χ2v) is 6.73. The van der Waals surface area contributed by atoms with E-state index in [4.69, 9.17) is 0 Å². The van der Waals surface area contributed by atoms with Gasteiger partial charge in [-0.3, -0.25) is 0 Å². The first-order valence-corrected chi connectivity index (χ1v) is 9.65. The fraction of sp³-hybridized carbons (Fsp3) is 1.00. The van der Waals surface area contributed by atoms with Crippen LogP contribution in [0.3, 0.4) is 0 Å². The lowest BCUT2D eigenvalue weighted by Crippen LogP contribution is -1.85. The highest BCUT2D eigenvalue weighted by Gasteiger charge is 1.93. The molecule has 0 aliphatic rings. The molecule has 2 heteroatoms. The highest BCUT2D eigenvalue weighted by Crippen LogP contribution is 2.13. The third-order valence-electron chi connectivity index (χ3n) is 3.49. The predicted octanol–water partition coefficient (Wildman–Crippen LogP) is 6.99. The van der Waals surface area contributed by atoms with Gasteiger partial charge < -0.3 is 6.15 Å². The number of thioether (sulfide) groups is 1. The van der Waals surface area contributed by atoms with E-state index >= 15 is 0 Å². The smallest absolute Gasteiger partial charge is 0.00675 e. The number of unbranched alkanes of at least 4 members (excludes halogenated alkanes) is 11. The van der Waals surface area contributed by atoms with Crippen LogP contribution in [0, 0.1) is 0 Å². The van der Waals surface area contributed by atoms with Crippen LogP contribution in [0.4, 0.5) is 0 Å². The van der Waals surface area contributed by atoms with Gasteiger partial charge in [-0.05, 0) is 24.3 Å². The maximum absolute atomic E-state index is 2.29. The minimum absolute atomic E-state index is 0. The van der Waals surface area contributed by atoms with Crippen LogP contribution < -0.4 is 6.15 Å². The Bertz CT molecular complexity index is 123. The summed E-state index contributed by atoms with van der Waals surface area (Å²) in [6.07, 6.45) is 18.9. The Morgan fingerprint density at radius 3 is 1.32 bits per heavy atom. The molecule has 0 rings (SSSR count). The molecule has 0 heterocycles. The molecule has 0 bridgehead atoms. The molecule has 1 nitrogen and oxygen atoms in total. The van der Waals surface area contributed by atoms with Crippen molar-refractivity contribution in [3.05, 3.63) is 0 Å². The summed E-state index contributed by atoms with van der Waals surface area (Å²) < 4.78 is 0. The minimum atomic E-state index is 0. The van der Waals surface area contributed by atoms with E-state index in [9.17, 15) is 0 Å². The molecule has 0 saturated heterocycles. The summed E-state index contributed by atoms with van der Waals surface area (Å²) in [7, 11) is 0. The molecule has 0 saturated carbocycles. The molecule has 19 heavy (non-hydrogen) atoms. The average Bonchev–Trinajstić information content (AvgIpc) is 2.39. The predicted molar refractivity (Wildman–Crippen MR) is 93.7 cm³/mol. The Labute approximate surface area is 127 Å². The van der Waals surface area contributed by atoms with Crippen molar-refractivity contribution in [2.24, 2.45) is 0 Å². The van der Waals surface area contributed by atoms with Gasteiger partial charge in [0.15, 0.2) is 0 Å². The summed E-state index contributed by atoms with van der Waals surface area (Å²) in [6.45, 7) is 4.57. The zero-order valence-corrected chi connectivity index (χ0v) is 14.5. The van der Waals surface area contributed by atoms with E-state index in [1.54, 1.807) is 0 Å². The molecular weight excluding hydrogens is 250 g/mol. The number of rotatable bonds is 15. The van der Waals surface area contributed by atoms with Crippen LogP contribution in [0.15, 0.2) is 0 Å². The first kappa shape index (κ1) is 21.6. The van der Waals surface area contributed by atoms with Gasteiger partial charge in [0.25, 0.3) is 0 Å². The fourth-order valence-electron chi connectivity index (χ4n) is 2.29. The summed E-state index contributed by atoms with van der Waals surface area (Å²) in [4.78, 5) is 0. The molecule has 0 aromatic rings. The second-order valence-electron chi connectivity index (χ2n) is 5.50. The molecule has 0 amide bonds. The molecular formula is C17H39NS. The summed E-state index contributed by atoms with van der Waals surface area (Å²) >= 11 is 2.13. The van der Waals surface area contributed by atoms with Gasteiger partial charge in [0.05, 0.1) is 0 Å². The van der Waals surface area contributed by atoms with E-state index in [1.165, 1.54) is 95.0 Å². The van der Waals surface area contributed by atoms with E-state index in [2.05, 4.69) is 25.6 Å². The maximum Gasteiger partial charge on any atom is -0.00675 e. The third kappa shape index (κ3) is 20.8. The summed E-state index contributed by atoms with van der Waals surface area (Å²) in [5.74, 6) is 2.75. The highest BCUT2D eigenvalue weighted by molar-refractivity contribution is 7.99. The zero-order valence-electron chi connectivity index (χ0n) is 13.7. The molecule has 0 spiro atoms. The molecule has 0 aromatic carbocycles. The molecule has 0 unspecified atom stereocenters. The van der Waals surface area contributed by atoms with Crippen molar-refractivity contribution in [1.82, 2.24) is 6.15 Å². The van der Waals surface area contributed by atoms with Gasteiger partial charge in [-0.25, -0.2) is 0 Å². The lowest BCUT2D eigenvalue weighted by atomic mass is 10.1. The molecule has 0 aliphatic heterocycles. The lowest BCUT2D eigenvalue weighted by Gasteiger charge is -2.03. The summed E-state index contributed by atoms with van der Waals surface area (Å²) in [5, 5.41) is 0. The standard InChI is InChI=1S/C17H36S.H3N/c1-3-5-6-7-8-9-10-11-12-13-14-15-17-18-16-4-2;/h3-17H2,1-2H3;1H3. The van der Waals surface area contributed by atoms with Crippen molar-refractivity contribution >= 4 is 11.8 Å². The Hall–Kier alpha value is 0.310. The first-order valence-electron chi connectivity index (χ1n) is 8.49.